The van der Waals surface area contributed by atoms with Crippen molar-refractivity contribution < 1.29 is 13.2 Å². The Hall–Kier alpha value is -2.72. The maximum absolute atomic E-state index is 12.9. The predicted octanol–water partition coefficient (Wildman–Crippen LogP) is 2.28. The van der Waals surface area contributed by atoms with Crippen molar-refractivity contribution in [2.24, 2.45) is 0 Å². The number of nitrogens with one attached hydrogen (secondary N) is 4. The maximum Gasteiger partial charge on any atom is 0.323 e. The Morgan fingerprint density at radius 1 is 1.03 bits per heavy atom. The quantitative estimate of drug-likeness (QED) is 0.492. The van der Waals surface area contributed by atoms with Crippen LogP contribution in [0.4, 0.5) is 5.69 Å². The van der Waals surface area contributed by atoms with Crippen molar-refractivity contribution in [3.05, 3.63) is 58.5 Å². The predicted molar refractivity (Wildman–Crippen MR) is 114 cm³/mol. The number of imidazole rings is 1. The number of aromatic amines is 2. The Morgan fingerprint density at radius 3 is 2.55 bits per heavy atom. The summed E-state index contributed by atoms with van der Waals surface area (Å²) in [5.41, 5.74) is 0.965. The molecule has 0 spiro atoms. The Labute approximate surface area is 171 Å². The number of rotatable bonds is 5. The minimum absolute atomic E-state index is 0.0141. The zero-order valence-electron chi connectivity index (χ0n) is 15.4. The molecule has 0 bridgehead atoms. The molecular weight excluding hydrogens is 412 g/mol. The van der Waals surface area contributed by atoms with Crippen LogP contribution >= 0.6 is 11.8 Å². The topological polar surface area (TPSA) is 124 Å². The van der Waals surface area contributed by atoms with Gasteiger partial charge in [0.25, 0.3) is 15.9 Å². The van der Waals surface area contributed by atoms with Crippen molar-refractivity contribution >= 4 is 44.4 Å². The van der Waals surface area contributed by atoms with E-state index in [1.165, 1.54) is 18.2 Å². The fraction of sp³-hybridized carbons (Fsp3) is 0.263. The third kappa shape index (κ3) is 4.33. The lowest BCUT2D eigenvalue weighted by Gasteiger charge is -2.23. The molecule has 4 N–H and O–H groups in total. The average Bonchev–Trinajstić information content (AvgIpc) is 3.08. The summed E-state index contributed by atoms with van der Waals surface area (Å²) in [6.45, 7) is 0. The van der Waals surface area contributed by atoms with Crippen molar-refractivity contribution in [2.45, 2.75) is 23.8 Å². The second-order valence-electron chi connectivity index (χ2n) is 6.80. The van der Waals surface area contributed by atoms with Gasteiger partial charge in [-0.25, -0.2) is 13.2 Å². The van der Waals surface area contributed by atoms with Crippen molar-refractivity contribution in [2.75, 3.05) is 16.2 Å². The third-order valence-electron chi connectivity index (χ3n) is 4.77. The molecule has 4 rings (SSSR count). The normalized spacial score (nSPS) is 15.3. The van der Waals surface area contributed by atoms with E-state index in [1.807, 2.05) is 11.8 Å². The number of carbonyl (C=O) groups is 1. The van der Waals surface area contributed by atoms with Gasteiger partial charge in [-0.3, -0.25) is 9.52 Å². The number of hydrogen-bond acceptors (Lipinski definition) is 5. The largest absolute Gasteiger partial charge is 0.349 e. The second kappa shape index (κ2) is 7.96. The van der Waals surface area contributed by atoms with E-state index in [4.69, 9.17) is 0 Å². The fourth-order valence-electron chi connectivity index (χ4n) is 3.26. The molecule has 3 aromatic rings. The molecule has 2 heterocycles. The number of carbonyl (C=O) groups excluding carboxylic acids is 1. The van der Waals surface area contributed by atoms with E-state index in [-0.39, 0.29) is 28.1 Å². The van der Waals surface area contributed by atoms with Gasteiger partial charge >= 0.3 is 5.69 Å². The first-order valence-corrected chi connectivity index (χ1v) is 11.8. The zero-order valence-corrected chi connectivity index (χ0v) is 17.0. The van der Waals surface area contributed by atoms with Crippen LogP contribution in [0.5, 0.6) is 0 Å². The number of H-pyrrole nitrogens is 2. The molecule has 1 aliphatic rings. The lowest BCUT2D eigenvalue weighted by Crippen LogP contribution is -2.37. The van der Waals surface area contributed by atoms with Crippen LogP contribution in [0.15, 0.2) is 52.2 Å². The summed E-state index contributed by atoms with van der Waals surface area (Å²) >= 11 is 1.87. The van der Waals surface area contributed by atoms with Crippen molar-refractivity contribution in [3.8, 4) is 0 Å². The van der Waals surface area contributed by atoms with Gasteiger partial charge in [-0.1, -0.05) is 12.1 Å². The molecule has 1 aliphatic heterocycles. The number of fused-ring (bicyclic) bond motifs is 1. The first-order chi connectivity index (χ1) is 13.9. The first kappa shape index (κ1) is 19.6. The summed E-state index contributed by atoms with van der Waals surface area (Å²) in [6.07, 6.45) is 1.80. The fourth-order valence-corrected chi connectivity index (χ4v) is 5.47. The van der Waals surface area contributed by atoms with Crippen LogP contribution in [0.25, 0.3) is 11.0 Å². The number of aromatic nitrogens is 2. The van der Waals surface area contributed by atoms with Crippen molar-refractivity contribution in [1.29, 1.82) is 0 Å². The molecule has 152 valence electrons. The number of sulfonamides is 1. The molecule has 1 aromatic heterocycles. The van der Waals surface area contributed by atoms with Gasteiger partial charge in [0.15, 0.2) is 0 Å². The van der Waals surface area contributed by atoms with Gasteiger partial charge in [-0.2, -0.15) is 11.8 Å². The summed E-state index contributed by atoms with van der Waals surface area (Å²) in [7, 11) is -3.95. The van der Waals surface area contributed by atoms with E-state index in [0.29, 0.717) is 11.0 Å². The summed E-state index contributed by atoms with van der Waals surface area (Å²) in [6, 6.07) is 10.9. The Kier molecular flexibility index (Phi) is 5.37. The van der Waals surface area contributed by atoms with Gasteiger partial charge in [0.2, 0.25) is 0 Å². The van der Waals surface area contributed by atoms with Gasteiger partial charge in [-0.05, 0) is 54.7 Å². The van der Waals surface area contributed by atoms with E-state index in [0.717, 1.165) is 24.3 Å². The number of anilines is 1. The van der Waals surface area contributed by atoms with Gasteiger partial charge in [-0.15, -0.1) is 0 Å². The van der Waals surface area contributed by atoms with Crippen LogP contribution < -0.4 is 15.7 Å². The molecule has 0 saturated carbocycles. The van der Waals surface area contributed by atoms with E-state index >= 15 is 0 Å². The van der Waals surface area contributed by atoms with Crippen LogP contribution in [-0.4, -0.2) is 41.8 Å². The average molecular weight is 433 g/mol. The zero-order chi connectivity index (χ0) is 20.4. The first-order valence-electron chi connectivity index (χ1n) is 9.15. The van der Waals surface area contributed by atoms with Gasteiger partial charge in [0.1, 0.15) is 0 Å². The Balaban J connectivity index is 1.59. The minimum atomic E-state index is -3.95. The maximum atomic E-state index is 12.9. The molecule has 10 heteroatoms. The highest BCUT2D eigenvalue weighted by molar-refractivity contribution is 7.99. The highest BCUT2D eigenvalue weighted by atomic mass is 32.2. The summed E-state index contributed by atoms with van der Waals surface area (Å²) in [5, 5.41) is 3.00. The SMILES string of the molecule is O=C(NC1CCSCC1)c1ccccc1NS(=O)(=O)c1ccc2[nH]c(=O)[nH]c2c1. The summed E-state index contributed by atoms with van der Waals surface area (Å²) in [5.74, 6) is 1.71. The van der Waals surface area contributed by atoms with E-state index in [9.17, 15) is 18.0 Å². The van der Waals surface area contributed by atoms with Gasteiger partial charge in [0, 0.05) is 6.04 Å². The van der Waals surface area contributed by atoms with E-state index < -0.39 is 15.7 Å². The standard InChI is InChI=1S/C19H20N4O4S2/c24-18(20-12-7-9-28-10-8-12)14-3-1-2-4-15(14)23-29(26,27)13-5-6-16-17(11-13)22-19(25)21-16/h1-6,11-12,23H,7-10H2,(H,20,24)(H2,21,22,25). The highest BCUT2D eigenvalue weighted by Crippen LogP contribution is 2.23. The number of para-hydroxylation sites is 1. The molecule has 1 saturated heterocycles. The van der Waals surface area contributed by atoms with Gasteiger partial charge < -0.3 is 15.3 Å². The van der Waals surface area contributed by atoms with Crippen molar-refractivity contribution in [3.63, 3.8) is 0 Å². The van der Waals surface area contributed by atoms with E-state index in [1.54, 1.807) is 24.3 Å². The number of amides is 1. The second-order valence-corrected chi connectivity index (χ2v) is 9.70. The molecule has 1 fully saturated rings. The van der Waals surface area contributed by atoms with Crippen LogP contribution in [0.3, 0.4) is 0 Å². The number of hydrogen-bond donors (Lipinski definition) is 4. The molecule has 1 amide bonds. The summed E-state index contributed by atoms with van der Waals surface area (Å²) < 4.78 is 28.2. The molecule has 0 aliphatic carbocycles. The highest BCUT2D eigenvalue weighted by Gasteiger charge is 2.22. The molecule has 2 aromatic carbocycles. The molecule has 0 unspecified atom stereocenters. The van der Waals surface area contributed by atoms with Crippen molar-refractivity contribution in [1.82, 2.24) is 15.3 Å². The molecule has 0 radical (unpaired) electrons. The van der Waals surface area contributed by atoms with Gasteiger partial charge in [0.05, 0.1) is 27.2 Å². The van der Waals surface area contributed by atoms with Crippen LogP contribution in [0.2, 0.25) is 0 Å². The number of thioether (sulfide) groups is 1. The van der Waals surface area contributed by atoms with Crippen LogP contribution in [0, 0.1) is 0 Å². The lowest BCUT2D eigenvalue weighted by molar-refractivity contribution is 0.0935. The number of benzene rings is 2. The van der Waals surface area contributed by atoms with E-state index in [2.05, 4.69) is 20.0 Å². The lowest BCUT2D eigenvalue weighted by atomic mass is 10.1. The Morgan fingerprint density at radius 2 is 1.76 bits per heavy atom. The molecule has 29 heavy (non-hydrogen) atoms. The molecule has 0 atom stereocenters. The summed E-state index contributed by atoms with van der Waals surface area (Å²) in [4.78, 5) is 29.2. The molecular formula is C19H20N4O4S2. The molecule has 8 nitrogen and oxygen atoms in total. The van der Waals surface area contributed by atoms with Crippen LogP contribution in [-0.2, 0) is 10.0 Å². The Bertz CT molecular complexity index is 1210. The third-order valence-corrected chi connectivity index (χ3v) is 7.18. The minimum Gasteiger partial charge on any atom is -0.349 e. The smallest absolute Gasteiger partial charge is 0.323 e. The van der Waals surface area contributed by atoms with Crippen LogP contribution in [0.1, 0.15) is 23.2 Å². The monoisotopic (exact) mass is 432 g/mol.